The number of hydrogen-bond donors (Lipinski definition) is 1. The molecule has 18 heavy (non-hydrogen) atoms. The third-order valence-corrected chi connectivity index (χ3v) is 3.00. The van der Waals surface area contributed by atoms with Crippen LogP contribution in [0.25, 0.3) is 0 Å². The maximum Gasteiger partial charge on any atom is 0.219 e. The van der Waals surface area contributed by atoms with Gasteiger partial charge in [-0.05, 0) is 18.8 Å². The summed E-state index contributed by atoms with van der Waals surface area (Å²) in [4.78, 5) is 22.8. The van der Waals surface area contributed by atoms with Gasteiger partial charge in [-0.1, -0.05) is 40.5 Å². The second-order valence-electron chi connectivity index (χ2n) is 5.71. The van der Waals surface area contributed by atoms with E-state index >= 15 is 0 Å². The Balaban J connectivity index is 3.40. The minimum absolute atomic E-state index is 0.108. The Morgan fingerprint density at radius 2 is 1.61 bits per heavy atom. The molecule has 0 aromatic carbocycles. The summed E-state index contributed by atoms with van der Waals surface area (Å²) < 4.78 is 0. The molecule has 0 heterocycles. The second-order valence-corrected chi connectivity index (χ2v) is 5.71. The molecule has 0 bridgehead atoms. The van der Waals surface area contributed by atoms with Crippen molar-refractivity contribution in [2.45, 2.75) is 66.2 Å². The molecule has 106 valence electrons. The van der Waals surface area contributed by atoms with Crippen LogP contribution >= 0.6 is 0 Å². The van der Waals surface area contributed by atoms with Gasteiger partial charge < -0.3 is 5.32 Å². The quantitative estimate of drug-likeness (QED) is 0.609. The van der Waals surface area contributed by atoms with E-state index in [0.717, 1.165) is 25.2 Å². The Hall–Kier alpha value is -0.860. The Morgan fingerprint density at radius 1 is 0.944 bits per heavy atom. The molecule has 0 spiro atoms. The highest BCUT2D eigenvalue weighted by Gasteiger charge is 2.07. The van der Waals surface area contributed by atoms with Gasteiger partial charge in [0, 0.05) is 25.3 Å². The third kappa shape index (κ3) is 10.3. The molecule has 3 nitrogen and oxygen atoms in total. The predicted molar refractivity (Wildman–Crippen MR) is 75.4 cm³/mol. The lowest BCUT2D eigenvalue weighted by Gasteiger charge is -2.07. The van der Waals surface area contributed by atoms with Crippen LogP contribution in [0.3, 0.4) is 0 Å². The highest BCUT2D eigenvalue weighted by atomic mass is 16.1. The minimum Gasteiger partial charge on any atom is -0.356 e. The molecule has 0 saturated heterocycles. The second kappa shape index (κ2) is 10.1. The molecule has 0 rings (SSSR count). The zero-order valence-corrected chi connectivity index (χ0v) is 12.4. The third-order valence-electron chi connectivity index (χ3n) is 3.00. The number of carbonyl (C=O) groups excluding carboxylic acids is 2. The van der Waals surface area contributed by atoms with E-state index in [1.165, 1.54) is 6.42 Å². The Kier molecular flexibility index (Phi) is 9.62. The van der Waals surface area contributed by atoms with Crippen LogP contribution in [0.15, 0.2) is 0 Å². The fraction of sp³-hybridized carbons (Fsp3) is 0.867. The van der Waals surface area contributed by atoms with Crippen LogP contribution in [-0.2, 0) is 9.59 Å². The monoisotopic (exact) mass is 255 g/mol. The van der Waals surface area contributed by atoms with Gasteiger partial charge in [0.25, 0.3) is 0 Å². The summed E-state index contributed by atoms with van der Waals surface area (Å²) in [7, 11) is 0. The van der Waals surface area contributed by atoms with Crippen LogP contribution in [0, 0.1) is 11.8 Å². The van der Waals surface area contributed by atoms with Crippen molar-refractivity contribution in [1.29, 1.82) is 0 Å². The average molecular weight is 255 g/mol. The normalized spacial score (nSPS) is 11.0. The number of unbranched alkanes of at least 4 members (excludes halogenated alkanes) is 1. The number of carbonyl (C=O) groups is 2. The van der Waals surface area contributed by atoms with Crippen LogP contribution in [0.5, 0.6) is 0 Å². The number of hydrogen-bond acceptors (Lipinski definition) is 2. The summed E-state index contributed by atoms with van der Waals surface area (Å²) in [5, 5.41) is 2.87. The fourth-order valence-electron chi connectivity index (χ4n) is 1.71. The first-order valence-electron chi connectivity index (χ1n) is 7.23. The summed E-state index contributed by atoms with van der Waals surface area (Å²) >= 11 is 0. The molecular weight excluding hydrogens is 226 g/mol. The van der Waals surface area contributed by atoms with Crippen molar-refractivity contribution in [3.8, 4) is 0 Å². The van der Waals surface area contributed by atoms with E-state index < -0.39 is 0 Å². The van der Waals surface area contributed by atoms with Gasteiger partial charge in [0.05, 0.1) is 0 Å². The number of nitrogens with one attached hydrogen (secondary N) is 1. The molecule has 0 aliphatic rings. The zero-order valence-electron chi connectivity index (χ0n) is 12.4. The molecule has 0 atom stereocenters. The molecule has 0 saturated carbocycles. The van der Waals surface area contributed by atoms with Gasteiger partial charge in [0.2, 0.25) is 5.91 Å². The average Bonchev–Trinajstić information content (AvgIpc) is 2.29. The van der Waals surface area contributed by atoms with Crippen LogP contribution < -0.4 is 5.32 Å². The lowest BCUT2D eigenvalue weighted by atomic mass is 10.0. The van der Waals surface area contributed by atoms with E-state index in [2.05, 4.69) is 19.2 Å². The zero-order chi connectivity index (χ0) is 14.0. The fourth-order valence-corrected chi connectivity index (χ4v) is 1.71. The lowest BCUT2D eigenvalue weighted by Crippen LogP contribution is -2.24. The smallest absolute Gasteiger partial charge is 0.219 e. The molecule has 0 fully saturated rings. The van der Waals surface area contributed by atoms with Gasteiger partial charge in [-0.25, -0.2) is 0 Å². The molecule has 0 aliphatic heterocycles. The molecule has 0 aromatic heterocycles. The molecule has 0 unspecified atom stereocenters. The Morgan fingerprint density at radius 3 is 2.17 bits per heavy atom. The van der Waals surface area contributed by atoms with Crippen molar-refractivity contribution < 1.29 is 9.59 Å². The van der Waals surface area contributed by atoms with E-state index in [4.69, 9.17) is 0 Å². The van der Waals surface area contributed by atoms with Crippen LogP contribution in [-0.4, -0.2) is 18.2 Å². The molecule has 1 N–H and O–H groups in total. The van der Waals surface area contributed by atoms with E-state index in [9.17, 15) is 9.59 Å². The van der Waals surface area contributed by atoms with Crippen molar-refractivity contribution in [2.24, 2.45) is 11.8 Å². The number of amides is 1. The molecule has 1 amide bonds. The SMILES string of the molecule is CC(C)CCCCC(=O)NCCCC(=O)C(C)C. The number of rotatable bonds is 10. The first-order valence-corrected chi connectivity index (χ1v) is 7.23. The van der Waals surface area contributed by atoms with Crippen LogP contribution in [0.4, 0.5) is 0 Å². The van der Waals surface area contributed by atoms with Crippen LogP contribution in [0.2, 0.25) is 0 Å². The van der Waals surface area contributed by atoms with Gasteiger partial charge >= 0.3 is 0 Å². The number of ketones is 1. The van der Waals surface area contributed by atoms with E-state index in [1.54, 1.807) is 0 Å². The topological polar surface area (TPSA) is 46.2 Å². The maximum absolute atomic E-state index is 11.5. The first kappa shape index (κ1) is 17.1. The molecule has 3 heteroatoms. The summed E-state index contributed by atoms with van der Waals surface area (Å²) in [6.45, 7) is 8.85. The van der Waals surface area contributed by atoms with Gasteiger partial charge in [-0.15, -0.1) is 0 Å². The predicted octanol–water partition coefficient (Wildman–Crippen LogP) is 3.32. The lowest BCUT2D eigenvalue weighted by molar-refractivity contribution is -0.123. The summed E-state index contributed by atoms with van der Waals surface area (Å²) in [5.41, 5.74) is 0. The van der Waals surface area contributed by atoms with Crippen molar-refractivity contribution >= 4 is 11.7 Å². The van der Waals surface area contributed by atoms with E-state index in [1.807, 2.05) is 13.8 Å². The standard InChI is InChI=1S/C15H29NO2/c1-12(2)8-5-6-10-15(18)16-11-7-9-14(17)13(3)4/h12-13H,5-11H2,1-4H3,(H,16,18). The Labute approximate surface area is 112 Å². The molecule has 0 aliphatic carbocycles. The Bertz CT molecular complexity index is 247. The first-order chi connectivity index (χ1) is 8.43. The van der Waals surface area contributed by atoms with Gasteiger partial charge in [0.15, 0.2) is 0 Å². The van der Waals surface area contributed by atoms with Gasteiger partial charge in [-0.3, -0.25) is 9.59 Å². The van der Waals surface area contributed by atoms with Crippen molar-refractivity contribution in [1.82, 2.24) is 5.32 Å². The summed E-state index contributed by atoms with van der Waals surface area (Å²) in [6.07, 6.45) is 5.23. The molecule has 0 radical (unpaired) electrons. The summed E-state index contributed by atoms with van der Waals surface area (Å²) in [5.74, 6) is 1.23. The highest BCUT2D eigenvalue weighted by molar-refractivity contribution is 5.80. The van der Waals surface area contributed by atoms with Crippen molar-refractivity contribution in [3.05, 3.63) is 0 Å². The van der Waals surface area contributed by atoms with E-state index in [-0.39, 0.29) is 17.6 Å². The molecule has 0 aromatic rings. The largest absolute Gasteiger partial charge is 0.356 e. The van der Waals surface area contributed by atoms with Gasteiger partial charge in [0.1, 0.15) is 5.78 Å². The highest BCUT2D eigenvalue weighted by Crippen LogP contribution is 2.07. The number of Topliss-reactive ketones (excluding diaryl/α,β-unsaturated/α-hetero) is 1. The van der Waals surface area contributed by atoms with Crippen molar-refractivity contribution in [3.63, 3.8) is 0 Å². The summed E-state index contributed by atoms with van der Waals surface area (Å²) in [6, 6.07) is 0. The van der Waals surface area contributed by atoms with Crippen LogP contribution in [0.1, 0.15) is 66.2 Å². The van der Waals surface area contributed by atoms with Gasteiger partial charge in [-0.2, -0.15) is 0 Å². The van der Waals surface area contributed by atoms with E-state index in [0.29, 0.717) is 19.4 Å². The van der Waals surface area contributed by atoms with Crippen molar-refractivity contribution in [2.75, 3.05) is 6.54 Å². The molecular formula is C15H29NO2. The maximum atomic E-state index is 11.5. The minimum atomic E-state index is 0.108.